The summed E-state index contributed by atoms with van der Waals surface area (Å²) in [6, 6.07) is 3.73. The maximum Gasteiger partial charge on any atom is 0.345 e. The van der Waals surface area contributed by atoms with Gasteiger partial charge >= 0.3 is 12.6 Å². The normalized spacial score (nSPS) is 32.0. The molecule has 1 aliphatic heterocycles. The molecular formula is C28H39F2N3O4S. The number of thioether (sulfide) groups is 1. The fraction of sp³-hybridized carbons (Fsp3) is 0.750. The lowest BCUT2D eigenvalue weighted by Crippen LogP contribution is -2.43. The van der Waals surface area contributed by atoms with E-state index in [0.717, 1.165) is 61.8 Å². The standard InChI is InChI=1S/C28H39F2N3O4S/c1-3-10-38-26-20(5-7-23(32-26)33-9-8-18(16-33)12-24(34)36-2)25(35)31-22-6-4-17-11-19-14-28(13-17,15-21(19)22)37-27(29)30/h5,7,17-19,21-22,27H,3-4,6,8-16H2,1-2H3,(H,31,35)/t17?,18-,19?,21?,22-,28-/m0/s1. The predicted molar refractivity (Wildman–Crippen MR) is 141 cm³/mol. The summed E-state index contributed by atoms with van der Waals surface area (Å²) in [5, 5.41) is 4.02. The molecule has 2 heterocycles. The van der Waals surface area contributed by atoms with Crippen LogP contribution in [0.1, 0.15) is 75.1 Å². The van der Waals surface area contributed by atoms with Crippen LogP contribution in [0.2, 0.25) is 0 Å². The quantitative estimate of drug-likeness (QED) is 0.313. The second-order valence-corrected chi connectivity index (χ2v) is 12.7. The molecule has 3 unspecified atom stereocenters. The van der Waals surface area contributed by atoms with E-state index in [1.807, 2.05) is 12.1 Å². The van der Waals surface area contributed by atoms with Crippen LogP contribution in [0.3, 0.4) is 0 Å². The Balaban J connectivity index is 1.30. The topological polar surface area (TPSA) is 80.8 Å². The first-order chi connectivity index (χ1) is 18.3. The highest BCUT2D eigenvalue weighted by Crippen LogP contribution is 2.57. The molecule has 10 heteroatoms. The molecule has 210 valence electrons. The van der Waals surface area contributed by atoms with Crippen molar-refractivity contribution in [2.75, 3.05) is 30.9 Å². The van der Waals surface area contributed by atoms with Crippen LogP contribution >= 0.6 is 11.8 Å². The van der Waals surface area contributed by atoms with Gasteiger partial charge in [0.2, 0.25) is 0 Å². The minimum atomic E-state index is -2.75. The van der Waals surface area contributed by atoms with Crippen LogP contribution in [0.4, 0.5) is 14.6 Å². The van der Waals surface area contributed by atoms with Gasteiger partial charge in [0.05, 0.1) is 24.7 Å². The number of hydrogen-bond acceptors (Lipinski definition) is 7. The first-order valence-electron chi connectivity index (χ1n) is 14.0. The third-order valence-corrected chi connectivity index (χ3v) is 10.2. The molecule has 1 aromatic rings. The Kier molecular flexibility index (Phi) is 8.48. The number of carbonyl (C=O) groups is 2. The summed E-state index contributed by atoms with van der Waals surface area (Å²) in [6.07, 6.45) is 7.10. The lowest BCUT2D eigenvalue weighted by Gasteiger charge is -2.37. The molecule has 0 spiro atoms. The Morgan fingerprint density at radius 1 is 1.24 bits per heavy atom. The molecule has 4 fully saturated rings. The van der Waals surface area contributed by atoms with Gasteiger partial charge in [-0.3, -0.25) is 9.59 Å². The minimum absolute atomic E-state index is 0.0395. The zero-order chi connectivity index (χ0) is 26.9. The number of esters is 1. The summed E-state index contributed by atoms with van der Waals surface area (Å²) in [7, 11) is 1.41. The lowest BCUT2D eigenvalue weighted by molar-refractivity contribution is -0.219. The van der Waals surface area contributed by atoms with Crippen molar-refractivity contribution in [3.63, 3.8) is 0 Å². The SMILES string of the molecule is CCCSc1nc(N2CC[C@@H](CC(=O)OC)C2)ccc1C(=O)N[C@H]1CCC2CC3C[C@@](OC(F)F)(C2)CC31. The van der Waals surface area contributed by atoms with E-state index in [9.17, 15) is 18.4 Å². The number of ether oxygens (including phenoxy) is 2. The molecule has 6 atom stereocenters. The first kappa shape index (κ1) is 27.6. The van der Waals surface area contributed by atoms with Crippen molar-refractivity contribution in [2.24, 2.45) is 23.7 Å². The number of nitrogens with one attached hydrogen (secondary N) is 1. The van der Waals surface area contributed by atoms with Gasteiger partial charge in [-0.15, -0.1) is 11.8 Å². The van der Waals surface area contributed by atoms with E-state index in [1.54, 1.807) is 11.8 Å². The van der Waals surface area contributed by atoms with Crippen LogP contribution < -0.4 is 10.2 Å². The third kappa shape index (κ3) is 5.96. The van der Waals surface area contributed by atoms with E-state index >= 15 is 0 Å². The van der Waals surface area contributed by atoms with Gasteiger partial charge in [0.25, 0.3) is 5.91 Å². The van der Waals surface area contributed by atoms with Gasteiger partial charge in [0.1, 0.15) is 10.8 Å². The number of fused-ring (bicyclic) bond motifs is 2. The highest BCUT2D eigenvalue weighted by molar-refractivity contribution is 7.99. The van der Waals surface area contributed by atoms with Gasteiger partial charge in [-0.25, -0.2) is 4.98 Å². The number of hydrogen-bond donors (Lipinski definition) is 1. The van der Waals surface area contributed by atoms with E-state index in [0.29, 0.717) is 43.1 Å². The van der Waals surface area contributed by atoms with Gasteiger partial charge in [0.15, 0.2) is 0 Å². The van der Waals surface area contributed by atoms with Crippen LogP contribution in [0.25, 0.3) is 0 Å². The number of rotatable bonds is 10. The zero-order valence-corrected chi connectivity index (χ0v) is 23.1. The van der Waals surface area contributed by atoms with Crippen LogP contribution in [0, 0.1) is 23.7 Å². The summed E-state index contributed by atoms with van der Waals surface area (Å²) in [4.78, 5) is 32.4. The van der Waals surface area contributed by atoms with Crippen LogP contribution in [-0.2, 0) is 14.3 Å². The lowest BCUT2D eigenvalue weighted by atomic mass is 9.77. The average Bonchev–Trinajstić information content (AvgIpc) is 3.42. The number of anilines is 1. The molecular weight excluding hydrogens is 512 g/mol. The summed E-state index contributed by atoms with van der Waals surface area (Å²) in [5.74, 6) is 2.46. The van der Waals surface area contributed by atoms with Gasteiger partial charge in [0, 0.05) is 19.1 Å². The van der Waals surface area contributed by atoms with Crippen molar-refractivity contribution in [3.05, 3.63) is 17.7 Å². The van der Waals surface area contributed by atoms with E-state index in [4.69, 9.17) is 14.5 Å². The Bertz CT molecular complexity index is 1030. The molecule has 38 heavy (non-hydrogen) atoms. The molecule has 1 amide bonds. The summed E-state index contributed by atoms with van der Waals surface area (Å²) in [6.45, 7) is 0.894. The summed E-state index contributed by atoms with van der Waals surface area (Å²) >= 11 is 1.59. The number of alkyl halides is 2. The highest BCUT2D eigenvalue weighted by Gasteiger charge is 2.56. The molecule has 7 nitrogen and oxygen atoms in total. The van der Waals surface area contributed by atoms with Gasteiger partial charge in [-0.1, -0.05) is 6.92 Å². The van der Waals surface area contributed by atoms with Crippen LogP contribution in [0.15, 0.2) is 17.2 Å². The number of amides is 1. The number of nitrogens with zero attached hydrogens (tertiary/aromatic N) is 2. The number of carbonyl (C=O) groups excluding carboxylic acids is 2. The van der Waals surface area contributed by atoms with Crippen molar-refractivity contribution in [3.8, 4) is 0 Å². The summed E-state index contributed by atoms with van der Waals surface area (Å²) in [5.41, 5.74) is -0.164. The van der Waals surface area contributed by atoms with Gasteiger partial charge in [-0.2, -0.15) is 8.78 Å². The van der Waals surface area contributed by atoms with E-state index in [-0.39, 0.29) is 29.8 Å². The largest absolute Gasteiger partial charge is 0.469 e. The zero-order valence-electron chi connectivity index (χ0n) is 22.3. The minimum Gasteiger partial charge on any atom is -0.469 e. The molecule has 1 N–H and O–H groups in total. The van der Waals surface area contributed by atoms with Crippen molar-refractivity contribution < 1.29 is 27.8 Å². The molecule has 0 aromatic carbocycles. The fourth-order valence-electron chi connectivity index (χ4n) is 7.46. The maximum atomic E-state index is 13.6. The molecule has 0 radical (unpaired) electrons. The number of methoxy groups -OCH3 is 1. The molecule has 3 saturated carbocycles. The second kappa shape index (κ2) is 11.7. The van der Waals surface area contributed by atoms with Crippen molar-refractivity contribution in [1.29, 1.82) is 0 Å². The number of aromatic nitrogens is 1. The molecule has 1 saturated heterocycles. The van der Waals surface area contributed by atoms with E-state index in [1.165, 1.54) is 7.11 Å². The average molecular weight is 552 g/mol. The Labute approximate surface area is 227 Å². The highest BCUT2D eigenvalue weighted by atomic mass is 32.2. The Hall–Kier alpha value is -1.94. The predicted octanol–water partition coefficient (Wildman–Crippen LogP) is 5.28. The molecule has 5 rings (SSSR count). The van der Waals surface area contributed by atoms with E-state index < -0.39 is 12.2 Å². The molecule has 3 bridgehead atoms. The van der Waals surface area contributed by atoms with Crippen molar-refractivity contribution >= 4 is 29.5 Å². The smallest absolute Gasteiger partial charge is 0.345 e. The maximum absolute atomic E-state index is 13.6. The molecule has 3 aliphatic carbocycles. The molecule has 1 aromatic heterocycles. The molecule has 4 aliphatic rings. The van der Waals surface area contributed by atoms with Crippen LogP contribution in [0.5, 0.6) is 0 Å². The van der Waals surface area contributed by atoms with Crippen molar-refractivity contribution in [1.82, 2.24) is 10.3 Å². The van der Waals surface area contributed by atoms with Crippen LogP contribution in [-0.4, -0.2) is 61.1 Å². The number of halogens is 2. The second-order valence-electron chi connectivity index (χ2n) is 11.6. The third-order valence-electron chi connectivity index (χ3n) is 9.03. The van der Waals surface area contributed by atoms with E-state index in [2.05, 4.69) is 17.1 Å². The van der Waals surface area contributed by atoms with Crippen molar-refractivity contribution in [2.45, 2.75) is 88.0 Å². The first-order valence-corrected chi connectivity index (χ1v) is 15.0. The number of pyridine rings is 1. The Morgan fingerprint density at radius 3 is 2.84 bits per heavy atom. The monoisotopic (exact) mass is 551 g/mol. The van der Waals surface area contributed by atoms with Gasteiger partial charge in [-0.05, 0) is 92.9 Å². The summed E-state index contributed by atoms with van der Waals surface area (Å²) < 4.78 is 36.5. The fourth-order valence-corrected chi connectivity index (χ4v) is 8.34. The Morgan fingerprint density at radius 2 is 2.08 bits per heavy atom. The van der Waals surface area contributed by atoms with Gasteiger partial charge < -0.3 is 19.7 Å².